The first kappa shape index (κ1) is 16.8. The van der Waals surface area contributed by atoms with Gasteiger partial charge in [0.05, 0.1) is 0 Å². The van der Waals surface area contributed by atoms with E-state index in [0.29, 0.717) is 0 Å². The number of nitrogens with zero attached hydrogens (tertiary/aromatic N) is 1. The van der Waals surface area contributed by atoms with Gasteiger partial charge >= 0.3 is 0 Å². The summed E-state index contributed by atoms with van der Waals surface area (Å²) in [4.78, 5) is 2.49. The minimum atomic E-state index is -0.102. The maximum Gasteiger partial charge on any atom is 0.122 e. The molecular weight excluding hydrogens is 212 g/mol. The van der Waals surface area contributed by atoms with Crippen LogP contribution in [-0.2, 0) is 0 Å². The normalized spacial score (nSPS) is 12.4. The molecule has 0 heterocycles. The molecule has 104 valence electrons. The van der Waals surface area contributed by atoms with Gasteiger partial charge in [-0.25, -0.2) is 0 Å². The number of unbranched alkanes of at least 4 members (excludes halogenated alkanes) is 2. The van der Waals surface area contributed by atoms with Crippen LogP contribution < -0.4 is 16.0 Å². The smallest absolute Gasteiger partial charge is 0.122 e. The van der Waals surface area contributed by atoms with Crippen molar-refractivity contribution >= 4 is 0 Å². The molecule has 0 bridgehead atoms. The van der Waals surface area contributed by atoms with Crippen LogP contribution in [0, 0.1) is 0 Å². The van der Waals surface area contributed by atoms with E-state index in [9.17, 15) is 0 Å². The molecule has 0 saturated carbocycles. The SMILES string of the molecule is CCN(CC)CCCCCC(NC)(NC)NC. The van der Waals surface area contributed by atoms with E-state index >= 15 is 0 Å². The predicted octanol–water partition coefficient (Wildman–Crippen LogP) is 1.20. The lowest BCUT2D eigenvalue weighted by atomic mass is 10.1. The van der Waals surface area contributed by atoms with Gasteiger partial charge in [-0.05, 0) is 60.0 Å². The van der Waals surface area contributed by atoms with Gasteiger partial charge in [-0.2, -0.15) is 0 Å². The zero-order valence-electron chi connectivity index (χ0n) is 12.4. The van der Waals surface area contributed by atoms with Gasteiger partial charge in [0.25, 0.3) is 0 Å². The molecule has 4 heteroatoms. The van der Waals surface area contributed by atoms with E-state index in [4.69, 9.17) is 0 Å². The molecular formula is C13H32N4. The lowest BCUT2D eigenvalue weighted by molar-refractivity contribution is 0.217. The van der Waals surface area contributed by atoms with Crippen LogP contribution in [0.3, 0.4) is 0 Å². The van der Waals surface area contributed by atoms with Crippen molar-refractivity contribution in [3.05, 3.63) is 0 Å². The Morgan fingerprint density at radius 1 is 0.824 bits per heavy atom. The van der Waals surface area contributed by atoms with E-state index < -0.39 is 0 Å². The lowest BCUT2D eigenvalue weighted by Gasteiger charge is -2.33. The van der Waals surface area contributed by atoms with E-state index in [2.05, 4.69) is 34.7 Å². The summed E-state index contributed by atoms with van der Waals surface area (Å²) in [5, 5.41) is 9.91. The number of rotatable bonds is 11. The molecule has 0 aliphatic carbocycles. The minimum Gasteiger partial charge on any atom is -0.304 e. The van der Waals surface area contributed by atoms with Crippen LogP contribution in [0.4, 0.5) is 0 Å². The fraction of sp³-hybridized carbons (Fsp3) is 1.00. The molecule has 3 N–H and O–H groups in total. The van der Waals surface area contributed by atoms with E-state index in [1.807, 2.05) is 21.1 Å². The molecule has 4 nitrogen and oxygen atoms in total. The van der Waals surface area contributed by atoms with E-state index in [-0.39, 0.29) is 5.79 Å². The Kier molecular flexibility index (Phi) is 9.74. The quantitative estimate of drug-likeness (QED) is 0.377. The van der Waals surface area contributed by atoms with Crippen LogP contribution in [0.5, 0.6) is 0 Å². The number of nitrogens with one attached hydrogen (secondary N) is 3. The predicted molar refractivity (Wildman–Crippen MR) is 76.2 cm³/mol. The first-order chi connectivity index (χ1) is 8.17. The first-order valence-electron chi connectivity index (χ1n) is 6.97. The molecule has 0 aromatic rings. The zero-order chi connectivity index (χ0) is 13.1. The zero-order valence-corrected chi connectivity index (χ0v) is 12.4. The third kappa shape index (κ3) is 6.36. The largest absolute Gasteiger partial charge is 0.304 e. The van der Waals surface area contributed by atoms with Gasteiger partial charge < -0.3 is 4.90 Å². The Labute approximate surface area is 108 Å². The summed E-state index contributed by atoms with van der Waals surface area (Å²) in [6.45, 7) is 8.04. The van der Waals surface area contributed by atoms with Crippen molar-refractivity contribution in [3.8, 4) is 0 Å². The Morgan fingerprint density at radius 3 is 1.76 bits per heavy atom. The van der Waals surface area contributed by atoms with Gasteiger partial charge in [-0.1, -0.05) is 20.3 Å². The first-order valence-corrected chi connectivity index (χ1v) is 6.97. The van der Waals surface area contributed by atoms with Gasteiger partial charge in [0, 0.05) is 0 Å². The van der Waals surface area contributed by atoms with E-state index in [1.165, 1.54) is 38.9 Å². The average molecular weight is 244 g/mol. The monoisotopic (exact) mass is 244 g/mol. The second-order valence-electron chi connectivity index (χ2n) is 4.49. The summed E-state index contributed by atoms with van der Waals surface area (Å²) in [6.07, 6.45) is 4.94. The molecule has 0 rings (SSSR count). The number of hydrogen-bond acceptors (Lipinski definition) is 4. The van der Waals surface area contributed by atoms with Crippen LogP contribution in [0.1, 0.15) is 39.5 Å². The molecule has 0 unspecified atom stereocenters. The maximum absolute atomic E-state index is 3.30. The van der Waals surface area contributed by atoms with Gasteiger partial charge in [0.15, 0.2) is 0 Å². The fourth-order valence-corrected chi connectivity index (χ4v) is 2.19. The van der Waals surface area contributed by atoms with Crippen LogP contribution in [-0.4, -0.2) is 51.5 Å². The van der Waals surface area contributed by atoms with Crippen LogP contribution in [0.2, 0.25) is 0 Å². The van der Waals surface area contributed by atoms with Gasteiger partial charge in [0.2, 0.25) is 0 Å². The Bertz CT molecular complexity index is 157. The molecule has 0 radical (unpaired) electrons. The maximum atomic E-state index is 3.30. The topological polar surface area (TPSA) is 39.3 Å². The third-order valence-corrected chi connectivity index (χ3v) is 3.70. The second-order valence-corrected chi connectivity index (χ2v) is 4.49. The molecule has 0 aliphatic heterocycles. The van der Waals surface area contributed by atoms with Crippen molar-refractivity contribution in [1.29, 1.82) is 0 Å². The average Bonchev–Trinajstić information content (AvgIpc) is 2.39. The van der Waals surface area contributed by atoms with Crippen LogP contribution >= 0.6 is 0 Å². The van der Waals surface area contributed by atoms with Crippen molar-refractivity contribution in [1.82, 2.24) is 20.9 Å². The summed E-state index contributed by atoms with van der Waals surface area (Å²) in [7, 11) is 5.97. The Hall–Kier alpha value is -0.160. The minimum absolute atomic E-state index is 0.102. The number of hydrogen-bond donors (Lipinski definition) is 3. The van der Waals surface area contributed by atoms with Crippen molar-refractivity contribution < 1.29 is 0 Å². The molecule has 0 aromatic heterocycles. The van der Waals surface area contributed by atoms with Crippen LogP contribution in [0.25, 0.3) is 0 Å². The van der Waals surface area contributed by atoms with Gasteiger partial charge in [-0.15, -0.1) is 0 Å². The molecule has 0 atom stereocenters. The van der Waals surface area contributed by atoms with Crippen molar-refractivity contribution in [2.24, 2.45) is 0 Å². The molecule has 0 saturated heterocycles. The Balaban J connectivity index is 3.68. The van der Waals surface area contributed by atoms with Crippen molar-refractivity contribution in [3.63, 3.8) is 0 Å². The Morgan fingerprint density at radius 2 is 1.35 bits per heavy atom. The molecule has 0 fully saturated rings. The van der Waals surface area contributed by atoms with E-state index in [0.717, 1.165) is 6.42 Å². The van der Waals surface area contributed by atoms with Gasteiger partial charge in [0.1, 0.15) is 5.79 Å². The molecule has 0 spiro atoms. The molecule has 17 heavy (non-hydrogen) atoms. The summed E-state index contributed by atoms with van der Waals surface area (Å²) >= 11 is 0. The molecule has 0 aliphatic rings. The lowest BCUT2D eigenvalue weighted by Crippen LogP contribution is -2.63. The summed E-state index contributed by atoms with van der Waals surface area (Å²) < 4.78 is 0. The van der Waals surface area contributed by atoms with Crippen molar-refractivity contribution in [2.45, 2.75) is 45.3 Å². The summed E-state index contributed by atoms with van der Waals surface area (Å²) in [5.41, 5.74) is 0. The summed E-state index contributed by atoms with van der Waals surface area (Å²) in [6, 6.07) is 0. The molecule has 0 amide bonds. The highest BCUT2D eigenvalue weighted by atomic mass is 15.3. The van der Waals surface area contributed by atoms with E-state index in [1.54, 1.807) is 0 Å². The highest BCUT2D eigenvalue weighted by Crippen LogP contribution is 2.09. The van der Waals surface area contributed by atoms with Crippen LogP contribution in [0.15, 0.2) is 0 Å². The van der Waals surface area contributed by atoms with Crippen molar-refractivity contribution in [2.75, 3.05) is 40.8 Å². The highest BCUT2D eigenvalue weighted by Gasteiger charge is 2.21. The standard InChI is InChI=1S/C13H32N4/c1-6-17(7-2)12-10-8-9-11-13(14-3,15-4)16-5/h14-16H,6-12H2,1-5H3. The molecule has 0 aromatic carbocycles. The second kappa shape index (κ2) is 9.83. The third-order valence-electron chi connectivity index (χ3n) is 3.70. The summed E-state index contributed by atoms with van der Waals surface area (Å²) in [5.74, 6) is -0.102. The fourth-order valence-electron chi connectivity index (χ4n) is 2.19. The highest BCUT2D eigenvalue weighted by molar-refractivity contribution is 4.77. The van der Waals surface area contributed by atoms with Gasteiger partial charge in [-0.3, -0.25) is 16.0 Å².